The summed E-state index contributed by atoms with van der Waals surface area (Å²) in [5.74, 6) is 0.306. The summed E-state index contributed by atoms with van der Waals surface area (Å²) < 4.78 is 4.80. The first kappa shape index (κ1) is 16.6. The SMILES string of the molecule is COC(=O)N1CCC[C@@H](N[C@@H](C)CCc2ccc(O)cc2)C1. The third kappa shape index (κ3) is 4.91. The molecule has 1 saturated heterocycles. The van der Waals surface area contributed by atoms with Crippen molar-refractivity contribution in [3.05, 3.63) is 29.8 Å². The number of nitrogens with zero attached hydrogens (tertiary/aromatic N) is 1. The molecule has 2 atom stereocenters. The maximum Gasteiger partial charge on any atom is 0.409 e. The molecule has 0 saturated carbocycles. The molecule has 0 unspecified atom stereocenters. The van der Waals surface area contributed by atoms with E-state index in [2.05, 4.69) is 12.2 Å². The lowest BCUT2D eigenvalue weighted by Crippen LogP contribution is -2.50. The summed E-state index contributed by atoms with van der Waals surface area (Å²) in [5.41, 5.74) is 1.23. The largest absolute Gasteiger partial charge is 0.508 e. The predicted molar refractivity (Wildman–Crippen MR) is 86.0 cm³/mol. The fourth-order valence-electron chi connectivity index (χ4n) is 2.94. The summed E-state index contributed by atoms with van der Waals surface area (Å²) in [4.78, 5) is 13.4. The van der Waals surface area contributed by atoms with E-state index >= 15 is 0 Å². The van der Waals surface area contributed by atoms with E-state index in [1.54, 1.807) is 17.0 Å². The molecule has 1 aromatic carbocycles. The van der Waals surface area contributed by atoms with Crippen LogP contribution in [0.1, 0.15) is 31.7 Å². The van der Waals surface area contributed by atoms with E-state index in [1.165, 1.54) is 12.7 Å². The van der Waals surface area contributed by atoms with Crippen LogP contribution >= 0.6 is 0 Å². The van der Waals surface area contributed by atoms with E-state index in [0.717, 1.165) is 38.8 Å². The van der Waals surface area contributed by atoms with Gasteiger partial charge in [0.15, 0.2) is 0 Å². The molecule has 0 aliphatic carbocycles. The van der Waals surface area contributed by atoms with Crippen LogP contribution < -0.4 is 5.32 Å². The molecule has 0 spiro atoms. The van der Waals surface area contributed by atoms with Crippen LogP contribution in [0, 0.1) is 0 Å². The molecule has 5 heteroatoms. The van der Waals surface area contributed by atoms with E-state index in [-0.39, 0.29) is 6.09 Å². The number of phenols is 1. The Morgan fingerprint density at radius 2 is 2.18 bits per heavy atom. The maximum atomic E-state index is 11.6. The topological polar surface area (TPSA) is 61.8 Å². The normalized spacial score (nSPS) is 19.7. The highest BCUT2D eigenvalue weighted by atomic mass is 16.5. The van der Waals surface area contributed by atoms with Crippen LogP contribution in [0.5, 0.6) is 5.75 Å². The number of carbonyl (C=O) groups excluding carboxylic acids is 1. The van der Waals surface area contributed by atoms with Crippen molar-refractivity contribution in [3.63, 3.8) is 0 Å². The van der Waals surface area contributed by atoms with Crippen LogP contribution in [-0.4, -0.2) is 48.4 Å². The molecular weight excluding hydrogens is 280 g/mol. The van der Waals surface area contributed by atoms with Crippen LogP contribution in [0.3, 0.4) is 0 Å². The number of likely N-dealkylation sites (tertiary alicyclic amines) is 1. The van der Waals surface area contributed by atoms with Gasteiger partial charge in [-0.15, -0.1) is 0 Å². The Hall–Kier alpha value is -1.75. The number of amides is 1. The zero-order valence-electron chi connectivity index (χ0n) is 13.4. The van der Waals surface area contributed by atoms with Gasteiger partial charge >= 0.3 is 6.09 Å². The van der Waals surface area contributed by atoms with Gasteiger partial charge < -0.3 is 20.1 Å². The minimum atomic E-state index is -0.233. The van der Waals surface area contributed by atoms with Crippen molar-refractivity contribution in [1.29, 1.82) is 0 Å². The monoisotopic (exact) mass is 306 g/mol. The second-order valence-corrected chi connectivity index (χ2v) is 6.03. The van der Waals surface area contributed by atoms with E-state index in [9.17, 15) is 9.90 Å². The van der Waals surface area contributed by atoms with E-state index in [4.69, 9.17) is 4.74 Å². The molecule has 0 bridgehead atoms. The molecule has 0 aromatic heterocycles. The van der Waals surface area contributed by atoms with Gasteiger partial charge in [0, 0.05) is 25.2 Å². The molecule has 2 N–H and O–H groups in total. The van der Waals surface area contributed by atoms with Gasteiger partial charge in [-0.2, -0.15) is 0 Å². The van der Waals surface area contributed by atoms with Crippen LogP contribution in [0.25, 0.3) is 0 Å². The Labute approximate surface area is 132 Å². The Bertz CT molecular complexity index is 475. The standard InChI is InChI=1S/C17H26N2O3/c1-13(5-6-14-7-9-16(20)10-8-14)18-15-4-3-11-19(12-15)17(21)22-2/h7-10,13,15,18,20H,3-6,11-12H2,1-2H3/t13-,15+/m0/s1. The maximum absolute atomic E-state index is 11.6. The summed E-state index contributed by atoms with van der Waals surface area (Å²) >= 11 is 0. The third-order valence-corrected chi connectivity index (χ3v) is 4.18. The highest BCUT2D eigenvalue weighted by molar-refractivity contribution is 5.67. The minimum absolute atomic E-state index is 0.233. The molecule has 5 nitrogen and oxygen atoms in total. The van der Waals surface area contributed by atoms with Crippen LogP contribution in [-0.2, 0) is 11.2 Å². The Kier molecular flexibility index (Phi) is 6.07. The molecule has 1 fully saturated rings. The average molecular weight is 306 g/mol. The molecule has 1 amide bonds. The van der Waals surface area contributed by atoms with Gasteiger partial charge in [-0.25, -0.2) is 4.79 Å². The van der Waals surface area contributed by atoms with Crippen LogP contribution in [0.2, 0.25) is 0 Å². The molecule has 1 aliphatic rings. The smallest absolute Gasteiger partial charge is 0.409 e. The zero-order chi connectivity index (χ0) is 15.9. The van der Waals surface area contributed by atoms with Gasteiger partial charge in [-0.05, 0) is 50.3 Å². The number of hydrogen-bond acceptors (Lipinski definition) is 4. The van der Waals surface area contributed by atoms with Gasteiger partial charge in [0.2, 0.25) is 0 Å². The number of piperidine rings is 1. The van der Waals surface area contributed by atoms with E-state index in [0.29, 0.717) is 17.8 Å². The number of ether oxygens (including phenoxy) is 1. The number of carbonyl (C=O) groups is 1. The van der Waals surface area contributed by atoms with Gasteiger partial charge in [-0.3, -0.25) is 0 Å². The van der Waals surface area contributed by atoms with Crippen molar-refractivity contribution in [2.45, 2.75) is 44.7 Å². The lowest BCUT2D eigenvalue weighted by atomic mass is 10.0. The third-order valence-electron chi connectivity index (χ3n) is 4.18. The highest BCUT2D eigenvalue weighted by Gasteiger charge is 2.24. The van der Waals surface area contributed by atoms with Gasteiger partial charge in [0.1, 0.15) is 5.75 Å². The van der Waals surface area contributed by atoms with E-state index < -0.39 is 0 Å². The molecule has 1 aromatic rings. The molecule has 22 heavy (non-hydrogen) atoms. The summed E-state index contributed by atoms with van der Waals surface area (Å²) in [7, 11) is 1.43. The Morgan fingerprint density at radius 1 is 1.45 bits per heavy atom. The second kappa shape index (κ2) is 8.03. The summed E-state index contributed by atoms with van der Waals surface area (Å²) in [6.07, 6.45) is 3.87. The predicted octanol–water partition coefficient (Wildman–Crippen LogP) is 2.53. The van der Waals surface area contributed by atoms with Crippen molar-refractivity contribution < 1.29 is 14.6 Å². The molecule has 1 heterocycles. The van der Waals surface area contributed by atoms with Gasteiger partial charge in [0.05, 0.1) is 7.11 Å². The molecule has 2 rings (SSSR count). The molecule has 1 aliphatic heterocycles. The summed E-state index contributed by atoms with van der Waals surface area (Å²) in [6, 6.07) is 8.09. The first-order chi connectivity index (χ1) is 10.6. The number of phenolic OH excluding ortho intramolecular Hbond substituents is 1. The second-order valence-electron chi connectivity index (χ2n) is 6.03. The molecular formula is C17H26N2O3. The molecule has 0 radical (unpaired) electrons. The highest BCUT2D eigenvalue weighted by Crippen LogP contribution is 2.14. The van der Waals surface area contributed by atoms with Crippen molar-refractivity contribution in [1.82, 2.24) is 10.2 Å². The number of aryl methyl sites for hydroxylation is 1. The van der Waals surface area contributed by atoms with E-state index in [1.807, 2.05) is 12.1 Å². The number of rotatable bonds is 5. The number of benzene rings is 1. The first-order valence-corrected chi connectivity index (χ1v) is 7.95. The number of nitrogens with one attached hydrogen (secondary N) is 1. The minimum Gasteiger partial charge on any atom is -0.508 e. The van der Waals surface area contributed by atoms with Crippen LogP contribution in [0.4, 0.5) is 4.79 Å². The van der Waals surface area contributed by atoms with Crippen molar-refractivity contribution >= 4 is 6.09 Å². The summed E-state index contributed by atoms with van der Waals surface area (Å²) in [5, 5.41) is 12.9. The fraction of sp³-hybridized carbons (Fsp3) is 0.588. The lowest BCUT2D eigenvalue weighted by molar-refractivity contribution is 0.106. The summed E-state index contributed by atoms with van der Waals surface area (Å²) in [6.45, 7) is 3.68. The zero-order valence-corrected chi connectivity index (χ0v) is 13.4. The first-order valence-electron chi connectivity index (χ1n) is 7.95. The quantitative estimate of drug-likeness (QED) is 0.877. The van der Waals surface area contributed by atoms with Gasteiger partial charge in [0.25, 0.3) is 0 Å². The van der Waals surface area contributed by atoms with Crippen molar-refractivity contribution in [3.8, 4) is 5.75 Å². The number of aromatic hydroxyl groups is 1. The van der Waals surface area contributed by atoms with Gasteiger partial charge in [-0.1, -0.05) is 12.1 Å². The molecule has 122 valence electrons. The average Bonchev–Trinajstić information content (AvgIpc) is 2.54. The number of methoxy groups -OCH3 is 1. The van der Waals surface area contributed by atoms with Crippen molar-refractivity contribution in [2.24, 2.45) is 0 Å². The lowest BCUT2D eigenvalue weighted by Gasteiger charge is -2.33. The fourth-order valence-corrected chi connectivity index (χ4v) is 2.94. The van der Waals surface area contributed by atoms with Crippen LogP contribution in [0.15, 0.2) is 24.3 Å². The Balaban J connectivity index is 1.75. The van der Waals surface area contributed by atoms with Crippen molar-refractivity contribution in [2.75, 3.05) is 20.2 Å². The Morgan fingerprint density at radius 3 is 2.86 bits per heavy atom. The number of hydrogen-bond donors (Lipinski definition) is 2.